The van der Waals surface area contributed by atoms with E-state index in [1.165, 1.54) is 6.07 Å². The number of nitrogens with zero attached hydrogens (tertiary/aromatic N) is 3. The van der Waals surface area contributed by atoms with Gasteiger partial charge in [-0.25, -0.2) is 14.4 Å². The molecule has 0 saturated carbocycles. The molecular weight excluding hydrogens is 309 g/mol. The van der Waals surface area contributed by atoms with Crippen LogP contribution in [-0.4, -0.2) is 14.5 Å². The number of aromatic nitrogens is 3. The van der Waals surface area contributed by atoms with Gasteiger partial charge < -0.3 is 0 Å². The van der Waals surface area contributed by atoms with Crippen LogP contribution in [-0.2, 0) is 5.88 Å². The van der Waals surface area contributed by atoms with Crippen LogP contribution in [0.3, 0.4) is 0 Å². The lowest BCUT2D eigenvalue weighted by molar-refractivity contribution is 0.637. The summed E-state index contributed by atoms with van der Waals surface area (Å²) in [6.45, 7) is 0. The second-order valence-corrected chi connectivity index (χ2v) is 5.76. The third-order valence-corrected chi connectivity index (χ3v) is 4.43. The quantitative estimate of drug-likeness (QED) is 0.509. The predicted octanol–water partition coefficient (Wildman–Crippen LogP) is 4.51. The van der Waals surface area contributed by atoms with Gasteiger partial charge in [0.2, 0.25) is 0 Å². The van der Waals surface area contributed by atoms with E-state index in [0.717, 1.165) is 21.4 Å². The first kappa shape index (κ1) is 12.7. The molecule has 2 aromatic heterocycles. The van der Waals surface area contributed by atoms with Crippen LogP contribution < -0.4 is 0 Å². The first-order chi connectivity index (χ1) is 10.3. The van der Waals surface area contributed by atoms with Crippen molar-refractivity contribution in [1.82, 2.24) is 14.5 Å². The van der Waals surface area contributed by atoms with Crippen molar-refractivity contribution in [1.29, 1.82) is 0 Å². The second kappa shape index (κ2) is 4.79. The molecule has 0 amide bonds. The smallest absolute Gasteiger partial charge is 0.151 e. The van der Waals surface area contributed by atoms with Crippen LogP contribution in [0.5, 0.6) is 0 Å². The summed E-state index contributed by atoms with van der Waals surface area (Å²) < 4.78 is 16.9. The zero-order valence-corrected chi connectivity index (χ0v) is 12.3. The number of rotatable bonds is 2. The molecule has 0 aliphatic carbocycles. The summed E-state index contributed by atoms with van der Waals surface area (Å²) in [6, 6.07) is 10.9. The van der Waals surface area contributed by atoms with Gasteiger partial charge in [-0.05, 0) is 30.3 Å². The van der Waals surface area contributed by atoms with Crippen LogP contribution in [0.25, 0.3) is 26.9 Å². The van der Waals surface area contributed by atoms with Crippen molar-refractivity contribution in [2.24, 2.45) is 0 Å². The van der Waals surface area contributed by atoms with Crippen molar-refractivity contribution in [2.75, 3.05) is 0 Å². The van der Waals surface area contributed by atoms with Gasteiger partial charge in [0.1, 0.15) is 11.3 Å². The van der Waals surface area contributed by atoms with E-state index in [0.29, 0.717) is 11.3 Å². The second-order valence-electron chi connectivity index (χ2n) is 4.61. The lowest BCUT2D eigenvalue weighted by Crippen LogP contribution is -1.98. The molecule has 4 aromatic rings. The van der Waals surface area contributed by atoms with E-state index >= 15 is 0 Å². The maximum atomic E-state index is 13.9. The van der Waals surface area contributed by atoms with E-state index in [-0.39, 0.29) is 11.7 Å². The Balaban J connectivity index is 2.06. The fourth-order valence-electron chi connectivity index (χ4n) is 2.47. The Labute approximate surface area is 128 Å². The molecule has 2 aromatic carbocycles. The molecule has 0 N–H and O–H groups in total. The molecule has 6 heteroatoms. The monoisotopic (exact) mass is 317 g/mol. The Kier molecular flexibility index (Phi) is 2.90. The van der Waals surface area contributed by atoms with Crippen molar-refractivity contribution in [3.63, 3.8) is 0 Å². The van der Waals surface area contributed by atoms with E-state index in [2.05, 4.69) is 9.97 Å². The number of hydrogen-bond acceptors (Lipinski definition) is 3. The molecule has 0 aliphatic rings. The molecule has 21 heavy (non-hydrogen) atoms. The standard InChI is InChI=1S/C15H9ClFN3S/c16-7-14-19-15-10(17)2-1-3-12(15)20(14)9-4-5-11-13(6-9)21-8-18-11/h1-6,8H,7H2. The van der Waals surface area contributed by atoms with Gasteiger partial charge in [0.05, 0.1) is 27.1 Å². The van der Waals surface area contributed by atoms with Crippen molar-refractivity contribution in [3.8, 4) is 5.69 Å². The minimum Gasteiger partial charge on any atom is -0.295 e. The number of halogens is 2. The highest BCUT2D eigenvalue weighted by molar-refractivity contribution is 7.16. The maximum absolute atomic E-state index is 13.9. The van der Waals surface area contributed by atoms with E-state index in [1.807, 2.05) is 34.3 Å². The van der Waals surface area contributed by atoms with E-state index in [9.17, 15) is 4.39 Å². The van der Waals surface area contributed by atoms with Gasteiger partial charge in [0.15, 0.2) is 5.82 Å². The largest absolute Gasteiger partial charge is 0.295 e. The molecule has 0 unspecified atom stereocenters. The Hall–Kier alpha value is -1.98. The van der Waals surface area contributed by atoms with Crippen LogP contribution in [0.2, 0.25) is 0 Å². The van der Waals surface area contributed by atoms with Gasteiger partial charge in [0.25, 0.3) is 0 Å². The molecule has 0 radical (unpaired) electrons. The average molecular weight is 318 g/mol. The lowest BCUT2D eigenvalue weighted by atomic mass is 10.2. The minimum atomic E-state index is -0.337. The van der Waals surface area contributed by atoms with Crippen LogP contribution in [0, 0.1) is 5.82 Å². The molecule has 0 bridgehead atoms. The molecule has 0 aliphatic heterocycles. The first-order valence-electron chi connectivity index (χ1n) is 6.33. The van der Waals surface area contributed by atoms with Gasteiger partial charge in [-0.3, -0.25) is 4.57 Å². The normalized spacial score (nSPS) is 11.5. The molecule has 4 rings (SSSR count). The number of fused-ring (bicyclic) bond motifs is 2. The van der Waals surface area contributed by atoms with Crippen molar-refractivity contribution in [3.05, 3.63) is 53.6 Å². The zero-order valence-electron chi connectivity index (χ0n) is 10.8. The molecule has 2 heterocycles. The number of benzene rings is 2. The highest BCUT2D eigenvalue weighted by atomic mass is 35.5. The minimum absolute atomic E-state index is 0.217. The Morgan fingerprint density at radius 3 is 3.00 bits per heavy atom. The van der Waals surface area contributed by atoms with Crippen LogP contribution in [0.4, 0.5) is 4.39 Å². The van der Waals surface area contributed by atoms with Gasteiger partial charge in [-0.2, -0.15) is 0 Å². The molecule has 0 atom stereocenters. The van der Waals surface area contributed by atoms with Crippen LogP contribution >= 0.6 is 22.9 Å². The maximum Gasteiger partial charge on any atom is 0.151 e. The van der Waals surface area contributed by atoms with Gasteiger partial charge in [-0.15, -0.1) is 22.9 Å². The lowest BCUT2D eigenvalue weighted by Gasteiger charge is -2.07. The van der Waals surface area contributed by atoms with Gasteiger partial charge in [-0.1, -0.05) is 6.07 Å². The fourth-order valence-corrected chi connectivity index (χ4v) is 3.36. The molecule has 0 fully saturated rings. The number of imidazole rings is 1. The molecule has 3 nitrogen and oxygen atoms in total. The SMILES string of the molecule is Fc1cccc2c1nc(CCl)n2-c1ccc2ncsc2c1. The summed E-state index contributed by atoms with van der Waals surface area (Å²) in [4.78, 5) is 8.59. The Morgan fingerprint density at radius 2 is 2.14 bits per heavy atom. The third-order valence-electron chi connectivity index (χ3n) is 3.40. The summed E-state index contributed by atoms with van der Waals surface area (Å²) in [5.74, 6) is 0.506. The summed E-state index contributed by atoms with van der Waals surface area (Å²) in [5, 5.41) is 0. The highest BCUT2D eigenvalue weighted by Gasteiger charge is 2.14. The number of para-hydroxylation sites is 1. The average Bonchev–Trinajstić information content (AvgIpc) is 3.10. The molecule has 0 saturated heterocycles. The van der Waals surface area contributed by atoms with Crippen LogP contribution in [0.15, 0.2) is 41.9 Å². The predicted molar refractivity (Wildman–Crippen MR) is 83.8 cm³/mol. The Bertz CT molecular complexity index is 960. The van der Waals surface area contributed by atoms with Crippen LogP contribution in [0.1, 0.15) is 5.82 Å². The fraction of sp³-hybridized carbons (Fsp3) is 0.0667. The zero-order chi connectivity index (χ0) is 14.4. The number of hydrogen-bond donors (Lipinski definition) is 0. The summed E-state index contributed by atoms with van der Waals surface area (Å²) in [6.07, 6.45) is 0. The topological polar surface area (TPSA) is 30.7 Å². The third kappa shape index (κ3) is 1.92. The number of alkyl halides is 1. The van der Waals surface area contributed by atoms with Gasteiger partial charge >= 0.3 is 0 Å². The summed E-state index contributed by atoms with van der Waals surface area (Å²) >= 11 is 7.56. The van der Waals surface area contributed by atoms with Crippen molar-refractivity contribution in [2.45, 2.75) is 5.88 Å². The van der Waals surface area contributed by atoms with Gasteiger partial charge in [0, 0.05) is 5.69 Å². The van der Waals surface area contributed by atoms with Crippen molar-refractivity contribution >= 4 is 44.2 Å². The van der Waals surface area contributed by atoms with E-state index in [1.54, 1.807) is 17.4 Å². The molecular formula is C15H9ClFN3S. The first-order valence-corrected chi connectivity index (χ1v) is 7.75. The highest BCUT2D eigenvalue weighted by Crippen LogP contribution is 2.27. The Morgan fingerprint density at radius 1 is 1.24 bits per heavy atom. The van der Waals surface area contributed by atoms with E-state index < -0.39 is 0 Å². The molecule has 0 spiro atoms. The van der Waals surface area contributed by atoms with Crippen molar-refractivity contribution < 1.29 is 4.39 Å². The number of thiazole rings is 1. The molecule has 104 valence electrons. The summed E-state index contributed by atoms with van der Waals surface area (Å²) in [5.41, 5.74) is 4.73. The van der Waals surface area contributed by atoms with E-state index in [4.69, 9.17) is 11.6 Å². The summed E-state index contributed by atoms with van der Waals surface area (Å²) in [7, 11) is 0.